The first kappa shape index (κ1) is 5.86. The van der Waals surface area contributed by atoms with Crippen molar-refractivity contribution in [1.82, 2.24) is 0 Å². The fraction of sp³-hybridized carbons (Fsp3) is 0. The number of carbonyl (C=O) groups is 1. The number of carbonyl (C=O) groups excluding carboxylic acids is 1. The molecule has 0 aromatic heterocycles. The number of hydrogen-bond acceptors (Lipinski definition) is 1. The summed E-state index contributed by atoms with van der Waals surface area (Å²) >= 11 is 5.44. The van der Waals surface area contributed by atoms with Gasteiger partial charge < -0.3 is 0 Å². The Morgan fingerprint density at radius 2 is 2.40 bits per heavy atom. The molecule has 0 atom stereocenters. The lowest BCUT2D eigenvalue weighted by Gasteiger charge is -1.92. The van der Waals surface area contributed by atoms with E-state index in [2.05, 4.69) is 0 Å². The van der Waals surface area contributed by atoms with E-state index in [9.17, 15) is 9.18 Å². The first-order chi connectivity index (χ1) is 5.16. The van der Waals surface area contributed by atoms with E-state index < -0.39 is 11.9 Å². The topological polar surface area (TPSA) is 17.1 Å². The molecule has 1 aromatic carbocycles. The van der Waals surface area contributed by atoms with Gasteiger partial charge in [0.05, 0.1) is 6.39 Å². The molecule has 0 aliphatic heterocycles. The number of hydrogen-bond donors (Lipinski definition) is 0. The predicted octanol–water partition coefficient (Wildman–Crippen LogP) is 2.29. The van der Waals surface area contributed by atoms with Crippen molar-refractivity contribution in [3.8, 4) is 0 Å². The molecule has 0 saturated carbocycles. The van der Waals surface area contributed by atoms with Crippen LogP contribution in [0, 0.1) is 5.82 Å². The van der Waals surface area contributed by atoms with Crippen molar-refractivity contribution in [2.45, 2.75) is 0 Å². The largest absolute Gasteiger partial charge is 0.298 e. The Morgan fingerprint density at radius 3 is 3.00 bits per heavy atom. The van der Waals surface area contributed by atoms with Gasteiger partial charge in [0.2, 0.25) is 0 Å². The van der Waals surface area contributed by atoms with Gasteiger partial charge in [-0.25, -0.2) is 4.39 Å². The van der Waals surface area contributed by atoms with Crippen molar-refractivity contribution < 1.29 is 10.6 Å². The average molecular weight is 160 g/mol. The van der Waals surface area contributed by atoms with Crippen LogP contribution in [0.25, 0.3) is 0 Å². The minimum atomic E-state index is -0.722. The molecule has 52 valence electrons. The summed E-state index contributed by atoms with van der Waals surface area (Å²) in [5.41, 5.74) is 0.137. The lowest BCUT2D eigenvalue weighted by molar-refractivity contribution is 0.112. The van der Waals surface area contributed by atoms with Gasteiger partial charge >= 0.3 is 0 Å². The molecule has 0 unspecified atom stereocenters. The quantitative estimate of drug-likeness (QED) is 0.575. The number of benzene rings is 1. The highest BCUT2D eigenvalue weighted by Gasteiger charge is 1.98. The minimum absolute atomic E-state index is 0.137. The summed E-state index contributed by atoms with van der Waals surface area (Å²) in [7, 11) is 0. The second-order valence-electron chi connectivity index (χ2n) is 1.69. The van der Waals surface area contributed by atoms with Crippen molar-refractivity contribution >= 4 is 17.9 Å². The highest BCUT2D eigenvalue weighted by molar-refractivity contribution is 6.32. The lowest BCUT2D eigenvalue weighted by Crippen LogP contribution is -1.82. The molecule has 0 bridgehead atoms. The zero-order chi connectivity index (χ0) is 8.43. The van der Waals surface area contributed by atoms with Crippen LogP contribution < -0.4 is 0 Å². The third-order valence-electron chi connectivity index (χ3n) is 1.02. The summed E-state index contributed by atoms with van der Waals surface area (Å²) in [5.74, 6) is -0.722. The molecule has 1 rings (SSSR count). The summed E-state index contributed by atoms with van der Waals surface area (Å²) in [4.78, 5) is 10.2. The van der Waals surface area contributed by atoms with Gasteiger partial charge in [0.1, 0.15) is 5.82 Å². The van der Waals surface area contributed by atoms with Gasteiger partial charge in [-0.1, -0.05) is 11.6 Å². The molecule has 0 amide bonds. The third-order valence-corrected chi connectivity index (χ3v) is 1.33. The highest BCUT2D eigenvalue weighted by atomic mass is 35.5. The normalized spacial score (nSPS) is 10.8. The predicted molar refractivity (Wildman–Crippen MR) is 36.8 cm³/mol. The van der Waals surface area contributed by atoms with Crippen LogP contribution in [0.5, 0.6) is 0 Å². The monoisotopic (exact) mass is 159 g/mol. The maximum Gasteiger partial charge on any atom is 0.151 e. The Hall–Kier alpha value is -0.890. The van der Waals surface area contributed by atoms with Gasteiger partial charge in [0, 0.05) is 5.56 Å². The smallest absolute Gasteiger partial charge is 0.151 e. The van der Waals surface area contributed by atoms with Crippen molar-refractivity contribution in [3.05, 3.63) is 34.6 Å². The Bertz CT molecular complexity index is 301. The zero-order valence-electron chi connectivity index (χ0n) is 5.90. The van der Waals surface area contributed by atoms with Crippen molar-refractivity contribution in [2.75, 3.05) is 0 Å². The van der Waals surface area contributed by atoms with Gasteiger partial charge in [-0.15, -0.1) is 0 Å². The van der Waals surface area contributed by atoms with Crippen LogP contribution >= 0.6 is 11.6 Å². The molecule has 0 aliphatic carbocycles. The lowest BCUT2D eigenvalue weighted by atomic mass is 10.2. The Morgan fingerprint density at radius 1 is 1.70 bits per heavy atom. The Labute approximate surface area is 63.8 Å². The summed E-state index contributed by atoms with van der Waals surface area (Å²) in [6.07, 6.45) is 0.486. The molecule has 10 heavy (non-hydrogen) atoms. The molecule has 1 aromatic rings. The van der Waals surface area contributed by atoms with Gasteiger partial charge in [-0.3, -0.25) is 4.79 Å². The standard InChI is InChI=1S/C7H4ClFO/c8-7-3-6(9)2-1-5(7)4-10/h1-4H/i3D. The fourth-order valence-electron chi connectivity index (χ4n) is 0.546. The van der Waals surface area contributed by atoms with Gasteiger partial charge in [-0.05, 0) is 18.2 Å². The van der Waals surface area contributed by atoms with Crippen LogP contribution in [-0.4, -0.2) is 6.29 Å². The number of rotatable bonds is 1. The van der Waals surface area contributed by atoms with Crippen LogP contribution in [0.15, 0.2) is 18.2 Å². The van der Waals surface area contributed by atoms with Crippen LogP contribution in [0.4, 0.5) is 4.39 Å². The van der Waals surface area contributed by atoms with Crippen LogP contribution in [0.1, 0.15) is 11.7 Å². The maximum atomic E-state index is 12.5. The molecule has 0 aliphatic rings. The molecule has 3 heteroatoms. The first-order valence-electron chi connectivity index (χ1n) is 3.06. The molecular formula is C7H4ClFO. The summed E-state index contributed by atoms with van der Waals surface area (Å²) in [5, 5.41) is -0.139. The van der Waals surface area contributed by atoms with E-state index in [0.29, 0.717) is 6.29 Å². The summed E-state index contributed by atoms with van der Waals surface area (Å²) in [6.45, 7) is 0. The van der Waals surface area contributed by atoms with Gasteiger partial charge in [0.15, 0.2) is 6.29 Å². The van der Waals surface area contributed by atoms with E-state index in [4.69, 9.17) is 13.0 Å². The van der Waals surface area contributed by atoms with E-state index in [-0.39, 0.29) is 10.6 Å². The van der Waals surface area contributed by atoms with E-state index in [1.807, 2.05) is 0 Å². The molecule has 0 spiro atoms. The van der Waals surface area contributed by atoms with Gasteiger partial charge in [-0.2, -0.15) is 0 Å². The zero-order valence-corrected chi connectivity index (χ0v) is 5.65. The van der Waals surface area contributed by atoms with Crippen molar-refractivity contribution in [1.29, 1.82) is 0 Å². The van der Waals surface area contributed by atoms with Crippen LogP contribution in [0.2, 0.25) is 5.02 Å². The Balaban J connectivity index is 3.36. The molecular weight excluding hydrogens is 155 g/mol. The van der Waals surface area contributed by atoms with E-state index >= 15 is 0 Å². The molecule has 1 nitrogen and oxygen atoms in total. The summed E-state index contributed by atoms with van der Waals surface area (Å²) in [6, 6.07) is 1.84. The molecule has 0 radical (unpaired) electrons. The molecule has 0 fully saturated rings. The van der Waals surface area contributed by atoms with Crippen LogP contribution in [0.3, 0.4) is 0 Å². The first-order valence-corrected chi connectivity index (χ1v) is 2.94. The highest BCUT2D eigenvalue weighted by Crippen LogP contribution is 2.14. The van der Waals surface area contributed by atoms with Crippen molar-refractivity contribution in [2.24, 2.45) is 0 Å². The second-order valence-corrected chi connectivity index (χ2v) is 2.07. The minimum Gasteiger partial charge on any atom is -0.298 e. The van der Waals surface area contributed by atoms with E-state index in [0.717, 1.165) is 6.07 Å². The summed E-state index contributed by atoms with van der Waals surface area (Å²) < 4.78 is 19.5. The van der Waals surface area contributed by atoms with E-state index in [1.54, 1.807) is 0 Å². The molecule has 0 N–H and O–H groups in total. The molecule has 0 saturated heterocycles. The maximum absolute atomic E-state index is 12.5. The second kappa shape index (κ2) is 2.80. The van der Waals surface area contributed by atoms with E-state index in [1.165, 1.54) is 6.07 Å². The third kappa shape index (κ3) is 1.33. The van der Waals surface area contributed by atoms with Gasteiger partial charge in [0.25, 0.3) is 0 Å². The molecule has 0 heterocycles. The fourth-order valence-corrected chi connectivity index (χ4v) is 0.744. The SMILES string of the molecule is [2H]c1c(F)ccc(C=O)c1Cl. The Kier molecular flexibility index (Phi) is 1.64. The number of halogens is 2. The van der Waals surface area contributed by atoms with Crippen LogP contribution in [-0.2, 0) is 0 Å². The average Bonchev–Trinajstić information content (AvgIpc) is 2.01. The number of aldehydes is 1. The van der Waals surface area contributed by atoms with Crippen molar-refractivity contribution in [3.63, 3.8) is 0 Å².